The Bertz CT molecular complexity index is 268. The highest BCUT2D eigenvalue weighted by Gasteiger charge is 2.15. The number of nitrogens with zero attached hydrogens (tertiary/aromatic N) is 2. The molecular formula is C8H13N3O2. The van der Waals surface area contributed by atoms with E-state index in [0.717, 1.165) is 19.5 Å². The smallest absolute Gasteiger partial charge is 0.223 e. The SMILES string of the molecule is Cc1nc(COC2CCNC2)no1. The van der Waals surface area contributed by atoms with Gasteiger partial charge >= 0.3 is 0 Å². The maximum Gasteiger partial charge on any atom is 0.223 e. The van der Waals surface area contributed by atoms with Gasteiger partial charge in [-0.1, -0.05) is 5.16 Å². The van der Waals surface area contributed by atoms with E-state index in [1.807, 2.05) is 0 Å². The maximum atomic E-state index is 5.55. The Morgan fingerprint density at radius 1 is 1.69 bits per heavy atom. The molecule has 5 heteroatoms. The van der Waals surface area contributed by atoms with E-state index in [9.17, 15) is 0 Å². The molecule has 0 aliphatic carbocycles. The maximum absolute atomic E-state index is 5.55. The summed E-state index contributed by atoms with van der Waals surface area (Å²) in [6.45, 7) is 4.18. The molecule has 0 saturated carbocycles. The second-order valence-corrected chi connectivity index (χ2v) is 3.16. The van der Waals surface area contributed by atoms with Crippen LogP contribution >= 0.6 is 0 Å². The molecule has 0 spiro atoms. The van der Waals surface area contributed by atoms with Crippen LogP contribution in [0.1, 0.15) is 18.1 Å². The van der Waals surface area contributed by atoms with Gasteiger partial charge in [-0.25, -0.2) is 0 Å². The monoisotopic (exact) mass is 183 g/mol. The van der Waals surface area contributed by atoms with E-state index in [2.05, 4.69) is 15.5 Å². The lowest BCUT2D eigenvalue weighted by Crippen LogP contribution is -2.16. The first-order valence-corrected chi connectivity index (χ1v) is 4.46. The summed E-state index contributed by atoms with van der Waals surface area (Å²) in [5, 5.41) is 6.97. The Kier molecular flexibility index (Phi) is 2.56. The Morgan fingerprint density at radius 3 is 3.23 bits per heavy atom. The van der Waals surface area contributed by atoms with Crippen LogP contribution in [-0.4, -0.2) is 29.3 Å². The summed E-state index contributed by atoms with van der Waals surface area (Å²) in [6.07, 6.45) is 1.37. The van der Waals surface area contributed by atoms with Crippen LogP contribution < -0.4 is 5.32 Å². The third-order valence-corrected chi connectivity index (χ3v) is 2.03. The number of hydrogen-bond donors (Lipinski definition) is 1. The Balaban J connectivity index is 1.78. The number of rotatable bonds is 3. The first-order valence-electron chi connectivity index (χ1n) is 4.46. The van der Waals surface area contributed by atoms with Crippen LogP contribution in [0.15, 0.2) is 4.52 Å². The molecule has 1 atom stereocenters. The lowest BCUT2D eigenvalue weighted by atomic mass is 10.3. The molecule has 1 saturated heterocycles. The van der Waals surface area contributed by atoms with Crippen LogP contribution in [0.2, 0.25) is 0 Å². The predicted octanol–water partition coefficient (Wildman–Crippen LogP) is 0.257. The van der Waals surface area contributed by atoms with Gasteiger partial charge in [-0.2, -0.15) is 4.98 Å². The van der Waals surface area contributed by atoms with Gasteiger partial charge in [0.25, 0.3) is 0 Å². The molecular weight excluding hydrogens is 170 g/mol. The molecule has 2 rings (SSSR count). The minimum absolute atomic E-state index is 0.304. The average molecular weight is 183 g/mol. The molecule has 1 fully saturated rings. The van der Waals surface area contributed by atoms with Gasteiger partial charge in [-0.15, -0.1) is 0 Å². The molecule has 1 unspecified atom stereocenters. The third kappa shape index (κ3) is 2.26. The van der Waals surface area contributed by atoms with Crippen molar-refractivity contribution < 1.29 is 9.26 Å². The zero-order valence-corrected chi connectivity index (χ0v) is 7.62. The van der Waals surface area contributed by atoms with Gasteiger partial charge in [0.15, 0.2) is 5.82 Å². The molecule has 0 aromatic carbocycles. The van der Waals surface area contributed by atoms with Crippen LogP contribution in [0.4, 0.5) is 0 Å². The number of hydrogen-bond acceptors (Lipinski definition) is 5. The van der Waals surface area contributed by atoms with Gasteiger partial charge in [-0.3, -0.25) is 0 Å². The molecule has 0 bridgehead atoms. The fourth-order valence-electron chi connectivity index (χ4n) is 1.36. The Hall–Kier alpha value is -0.940. The van der Waals surface area contributed by atoms with Crippen LogP contribution in [0.3, 0.4) is 0 Å². The highest BCUT2D eigenvalue weighted by Crippen LogP contribution is 2.06. The van der Waals surface area contributed by atoms with Gasteiger partial charge in [0, 0.05) is 13.5 Å². The average Bonchev–Trinajstić information content (AvgIpc) is 2.71. The molecule has 72 valence electrons. The number of aromatic nitrogens is 2. The fourth-order valence-corrected chi connectivity index (χ4v) is 1.36. The summed E-state index contributed by atoms with van der Waals surface area (Å²) in [5.41, 5.74) is 0. The van der Waals surface area contributed by atoms with Gasteiger partial charge in [0.2, 0.25) is 5.89 Å². The van der Waals surface area contributed by atoms with Gasteiger partial charge in [0.1, 0.15) is 6.61 Å². The molecule has 1 aliphatic rings. The first-order chi connectivity index (χ1) is 6.34. The molecule has 1 aliphatic heterocycles. The Morgan fingerprint density at radius 2 is 2.62 bits per heavy atom. The quantitative estimate of drug-likeness (QED) is 0.728. The first kappa shape index (κ1) is 8.65. The molecule has 1 N–H and O–H groups in total. The van der Waals surface area contributed by atoms with E-state index in [1.165, 1.54) is 0 Å². The zero-order chi connectivity index (χ0) is 9.10. The molecule has 13 heavy (non-hydrogen) atoms. The fraction of sp³-hybridized carbons (Fsp3) is 0.750. The third-order valence-electron chi connectivity index (χ3n) is 2.03. The van der Waals surface area contributed by atoms with Crippen molar-refractivity contribution in [2.75, 3.05) is 13.1 Å². The van der Waals surface area contributed by atoms with Crippen molar-refractivity contribution >= 4 is 0 Å². The molecule has 0 amide bonds. The number of ether oxygens (including phenoxy) is 1. The molecule has 5 nitrogen and oxygen atoms in total. The lowest BCUT2D eigenvalue weighted by molar-refractivity contribution is 0.0490. The van der Waals surface area contributed by atoms with Crippen molar-refractivity contribution in [3.8, 4) is 0 Å². The number of aryl methyl sites for hydroxylation is 1. The lowest BCUT2D eigenvalue weighted by Gasteiger charge is -2.06. The van der Waals surface area contributed by atoms with Crippen molar-refractivity contribution in [1.82, 2.24) is 15.5 Å². The topological polar surface area (TPSA) is 60.2 Å². The van der Waals surface area contributed by atoms with Crippen molar-refractivity contribution in [2.24, 2.45) is 0 Å². The van der Waals surface area contributed by atoms with Gasteiger partial charge in [0.05, 0.1) is 6.10 Å². The molecule has 0 radical (unpaired) electrons. The highest BCUT2D eigenvalue weighted by atomic mass is 16.5. The second-order valence-electron chi connectivity index (χ2n) is 3.16. The summed E-state index contributed by atoms with van der Waals surface area (Å²) in [7, 11) is 0. The van der Waals surface area contributed by atoms with E-state index >= 15 is 0 Å². The molecule has 2 heterocycles. The summed E-state index contributed by atoms with van der Waals surface area (Å²) >= 11 is 0. The molecule has 1 aromatic heterocycles. The largest absolute Gasteiger partial charge is 0.369 e. The predicted molar refractivity (Wildman–Crippen MR) is 45.1 cm³/mol. The zero-order valence-electron chi connectivity index (χ0n) is 7.62. The van der Waals surface area contributed by atoms with Gasteiger partial charge < -0.3 is 14.6 Å². The van der Waals surface area contributed by atoms with E-state index in [4.69, 9.17) is 9.26 Å². The molecule has 1 aromatic rings. The van der Waals surface area contributed by atoms with Crippen molar-refractivity contribution in [3.63, 3.8) is 0 Å². The van der Waals surface area contributed by atoms with Crippen molar-refractivity contribution in [2.45, 2.75) is 26.1 Å². The van der Waals surface area contributed by atoms with Gasteiger partial charge in [-0.05, 0) is 13.0 Å². The van der Waals surface area contributed by atoms with Crippen molar-refractivity contribution in [3.05, 3.63) is 11.7 Å². The summed E-state index contributed by atoms with van der Waals surface area (Å²) in [6, 6.07) is 0. The standard InChI is InChI=1S/C8H13N3O2/c1-6-10-8(11-13-6)5-12-7-2-3-9-4-7/h7,9H,2-5H2,1H3. The minimum atomic E-state index is 0.304. The Labute approximate surface area is 76.5 Å². The van der Waals surface area contributed by atoms with Crippen LogP contribution in [0.5, 0.6) is 0 Å². The van der Waals surface area contributed by atoms with E-state index in [-0.39, 0.29) is 0 Å². The normalized spacial score (nSPS) is 22.4. The summed E-state index contributed by atoms with van der Waals surface area (Å²) in [5.74, 6) is 1.22. The van der Waals surface area contributed by atoms with E-state index in [0.29, 0.717) is 24.4 Å². The second kappa shape index (κ2) is 3.85. The van der Waals surface area contributed by atoms with E-state index < -0.39 is 0 Å². The summed E-state index contributed by atoms with van der Waals surface area (Å²) in [4.78, 5) is 4.05. The number of nitrogens with one attached hydrogen (secondary N) is 1. The highest BCUT2D eigenvalue weighted by molar-refractivity contribution is 4.82. The minimum Gasteiger partial charge on any atom is -0.369 e. The summed E-state index contributed by atoms with van der Waals surface area (Å²) < 4.78 is 10.4. The van der Waals surface area contributed by atoms with Crippen LogP contribution in [0, 0.1) is 6.92 Å². The van der Waals surface area contributed by atoms with Crippen molar-refractivity contribution in [1.29, 1.82) is 0 Å². The van der Waals surface area contributed by atoms with E-state index in [1.54, 1.807) is 6.92 Å². The van der Waals surface area contributed by atoms with Crippen LogP contribution in [-0.2, 0) is 11.3 Å². The van der Waals surface area contributed by atoms with Crippen LogP contribution in [0.25, 0.3) is 0 Å².